The summed E-state index contributed by atoms with van der Waals surface area (Å²) in [7, 11) is 0. The summed E-state index contributed by atoms with van der Waals surface area (Å²) in [6, 6.07) is -4.70. The third-order valence-electron chi connectivity index (χ3n) is 6.50. The average molecular weight is 501 g/mol. The van der Waals surface area contributed by atoms with E-state index >= 15 is 0 Å². The van der Waals surface area contributed by atoms with Gasteiger partial charge in [-0.1, -0.05) is 0 Å². The van der Waals surface area contributed by atoms with Crippen molar-refractivity contribution in [3.63, 3.8) is 0 Å². The number of hydrogen-bond donors (Lipinski definition) is 12. The van der Waals surface area contributed by atoms with E-state index in [1.807, 2.05) is 0 Å². The van der Waals surface area contributed by atoms with Crippen LogP contribution in [0.5, 0.6) is 0 Å². The van der Waals surface area contributed by atoms with E-state index in [-0.39, 0.29) is 0 Å². The van der Waals surface area contributed by atoms with E-state index in [9.17, 15) is 40.9 Å². The predicted octanol–water partition coefficient (Wildman–Crippen LogP) is -8.10. The molecule has 0 bridgehead atoms. The van der Waals surface area contributed by atoms with Crippen molar-refractivity contribution < 1.29 is 59.8 Å². The number of rotatable bonds is 7. The number of hydrogen-bond acceptors (Lipinski definition) is 16. The van der Waals surface area contributed by atoms with Gasteiger partial charge in [-0.25, -0.2) is 0 Å². The molecule has 3 fully saturated rings. The molecule has 3 rings (SSSR count). The maximum absolute atomic E-state index is 10.8. The van der Waals surface area contributed by atoms with Gasteiger partial charge in [0, 0.05) is 0 Å². The lowest BCUT2D eigenvalue weighted by Crippen LogP contribution is -2.72. The molecular weight excluding hydrogens is 464 g/mol. The maximum Gasteiger partial charge on any atom is 0.176 e. The molecule has 0 aliphatic carbocycles. The zero-order valence-electron chi connectivity index (χ0n) is 18.2. The highest BCUT2D eigenvalue weighted by molar-refractivity contribution is 5.00. The molecule has 3 aliphatic rings. The van der Waals surface area contributed by atoms with Gasteiger partial charge in [-0.3, -0.25) is 5.32 Å². The van der Waals surface area contributed by atoms with Crippen molar-refractivity contribution in [1.29, 1.82) is 0 Å². The molecule has 200 valence electrons. The van der Waals surface area contributed by atoms with Gasteiger partial charge in [-0.15, -0.1) is 0 Å². The lowest BCUT2D eigenvalue weighted by Gasteiger charge is -2.48. The molecule has 3 saturated heterocycles. The number of aliphatic hydroxyl groups is 8. The summed E-state index contributed by atoms with van der Waals surface area (Å²) < 4.78 is 22.2. The van der Waals surface area contributed by atoms with Gasteiger partial charge in [-0.05, 0) is 0 Å². The van der Waals surface area contributed by atoms with Crippen LogP contribution in [0.3, 0.4) is 0 Å². The summed E-state index contributed by atoms with van der Waals surface area (Å²) in [6.45, 7) is -1.85. The minimum Gasteiger partial charge on any atom is -0.395 e. The first kappa shape index (κ1) is 27.9. The fourth-order valence-corrected chi connectivity index (χ4v) is 4.33. The Morgan fingerprint density at radius 1 is 0.647 bits per heavy atom. The normalized spacial score (nSPS) is 52.5. The van der Waals surface area contributed by atoms with Gasteiger partial charge < -0.3 is 77.0 Å². The van der Waals surface area contributed by atoms with Gasteiger partial charge in [0.05, 0.1) is 50.1 Å². The van der Waals surface area contributed by atoms with Gasteiger partial charge in [0.25, 0.3) is 0 Å². The number of ether oxygens (including phenoxy) is 4. The molecule has 15 atom stereocenters. The zero-order valence-corrected chi connectivity index (χ0v) is 18.2. The zero-order chi connectivity index (χ0) is 25.3. The molecule has 6 unspecified atom stereocenters. The van der Waals surface area contributed by atoms with Crippen LogP contribution in [0, 0.1) is 0 Å². The molecular formula is C18H36N4O12. The van der Waals surface area contributed by atoms with Crippen molar-refractivity contribution in [2.45, 2.75) is 91.8 Å². The molecule has 0 aromatic carbocycles. The Morgan fingerprint density at radius 2 is 1.21 bits per heavy atom. The summed E-state index contributed by atoms with van der Waals surface area (Å²) in [5.74, 6) is 0. The Labute approximate surface area is 194 Å². The highest BCUT2D eigenvalue weighted by Gasteiger charge is 2.51. The average Bonchev–Trinajstić information content (AvgIpc) is 2.83. The topological polar surface area (TPSA) is 289 Å². The van der Waals surface area contributed by atoms with Gasteiger partial charge >= 0.3 is 0 Å². The Balaban J connectivity index is 1.72. The Hall–Kier alpha value is -0.640. The molecule has 16 nitrogen and oxygen atoms in total. The minimum absolute atomic E-state index is 0.540. The first-order chi connectivity index (χ1) is 16.0. The second kappa shape index (κ2) is 11.6. The minimum atomic E-state index is -1.55. The molecule has 3 aliphatic heterocycles. The highest BCUT2D eigenvalue weighted by Crippen LogP contribution is 2.29. The van der Waals surface area contributed by atoms with E-state index in [0.717, 1.165) is 0 Å². The van der Waals surface area contributed by atoms with Crippen LogP contribution in [0.25, 0.3) is 0 Å². The summed E-state index contributed by atoms with van der Waals surface area (Å²) in [6.07, 6.45) is -14.9. The van der Waals surface area contributed by atoms with E-state index in [2.05, 4.69) is 5.32 Å². The van der Waals surface area contributed by atoms with E-state index in [0.29, 0.717) is 0 Å². The molecule has 0 saturated carbocycles. The monoisotopic (exact) mass is 500 g/mol. The summed E-state index contributed by atoms with van der Waals surface area (Å²) >= 11 is 0. The third kappa shape index (κ3) is 5.37. The maximum atomic E-state index is 10.8. The Morgan fingerprint density at radius 3 is 1.79 bits per heavy atom. The summed E-state index contributed by atoms with van der Waals surface area (Å²) in [4.78, 5) is 0. The largest absolute Gasteiger partial charge is 0.395 e. The van der Waals surface area contributed by atoms with Gasteiger partial charge in [-0.2, -0.15) is 0 Å². The van der Waals surface area contributed by atoms with Crippen LogP contribution in [0.15, 0.2) is 0 Å². The predicted molar refractivity (Wildman–Crippen MR) is 109 cm³/mol. The first-order valence-corrected chi connectivity index (χ1v) is 10.9. The fraction of sp³-hybridized carbons (Fsp3) is 1.00. The van der Waals surface area contributed by atoms with Crippen molar-refractivity contribution in [2.75, 3.05) is 19.8 Å². The number of piperidine rings is 1. The highest BCUT2D eigenvalue weighted by atomic mass is 16.7. The smallest absolute Gasteiger partial charge is 0.176 e. The summed E-state index contributed by atoms with van der Waals surface area (Å²) in [5.41, 5.74) is 17.7. The quantitative estimate of drug-likeness (QED) is 0.154. The van der Waals surface area contributed by atoms with Crippen molar-refractivity contribution >= 4 is 0 Å². The van der Waals surface area contributed by atoms with E-state index < -0.39 is 112 Å². The number of aliphatic hydroxyl groups excluding tert-OH is 8. The fourth-order valence-electron chi connectivity index (χ4n) is 4.33. The molecule has 0 spiro atoms. The van der Waals surface area contributed by atoms with Crippen molar-refractivity contribution in [2.24, 2.45) is 17.2 Å². The second-order valence-electron chi connectivity index (χ2n) is 8.75. The molecule has 0 aromatic heterocycles. The second-order valence-corrected chi connectivity index (χ2v) is 8.75. The van der Waals surface area contributed by atoms with Crippen LogP contribution in [-0.4, -0.2) is 152 Å². The standard InChI is InChI=1S/C18H36N4O12/c19-7-11(27)10(26)4(1-23)22-16(7)33-14-6(3-25)32-18(9(21)13(14)29)34-15-5(2-24)31-17(30)8(20)12(15)28/h4-18,22-30H,1-3,19-21H2/t4-,5-,6-,7-,8?,9?,10-,11-,12?,13-,14?,15?,16+,17?,18+/m1/s1. The molecule has 16 heteroatoms. The van der Waals surface area contributed by atoms with Crippen molar-refractivity contribution in [1.82, 2.24) is 5.32 Å². The molecule has 0 radical (unpaired) electrons. The van der Waals surface area contributed by atoms with Gasteiger partial charge in [0.1, 0.15) is 49.0 Å². The van der Waals surface area contributed by atoms with E-state index in [1.165, 1.54) is 0 Å². The lowest BCUT2D eigenvalue weighted by atomic mass is 9.92. The SMILES string of the molecule is NC1C(O)O[C@H](CO)C(O[C@@H]2O[C@H](CO)C(O[C@@H]3N[C@H](CO)[C@@H](O)[C@H](O)[C@H]3N)[C@H](O)C2N)C1O. The molecule has 0 amide bonds. The molecule has 34 heavy (non-hydrogen) atoms. The third-order valence-corrected chi connectivity index (χ3v) is 6.50. The van der Waals surface area contributed by atoms with Crippen molar-refractivity contribution in [3.8, 4) is 0 Å². The van der Waals surface area contributed by atoms with Gasteiger partial charge in [0.2, 0.25) is 0 Å². The molecule has 3 heterocycles. The van der Waals surface area contributed by atoms with Crippen LogP contribution >= 0.6 is 0 Å². The number of nitrogens with two attached hydrogens (primary N) is 3. The Bertz CT molecular complexity index is 648. The van der Waals surface area contributed by atoms with Crippen LogP contribution in [0.4, 0.5) is 0 Å². The van der Waals surface area contributed by atoms with Gasteiger partial charge in [0.15, 0.2) is 12.6 Å². The van der Waals surface area contributed by atoms with E-state index in [1.54, 1.807) is 0 Å². The number of nitrogens with one attached hydrogen (secondary N) is 1. The lowest BCUT2D eigenvalue weighted by molar-refractivity contribution is -0.331. The summed E-state index contributed by atoms with van der Waals surface area (Å²) in [5, 5.41) is 82.6. The molecule has 0 aromatic rings. The Kier molecular flexibility index (Phi) is 9.54. The van der Waals surface area contributed by atoms with Crippen LogP contribution < -0.4 is 22.5 Å². The first-order valence-electron chi connectivity index (χ1n) is 10.9. The van der Waals surface area contributed by atoms with E-state index in [4.69, 9.17) is 36.1 Å². The van der Waals surface area contributed by atoms with Crippen LogP contribution in [-0.2, 0) is 18.9 Å². The van der Waals surface area contributed by atoms with Crippen molar-refractivity contribution in [3.05, 3.63) is 0 Å². The van der Waals surface area contributed by atoms with Crippen LogP contribution in [0.1, 0.15) is 0 Å². The molecule has 15 N–H and O–H groups in total. The van der Waals surface area contributed by atoms with Crippen LogP contribution in [0.2, 0.25) is 0 Å².